The Hall–Kier alpha value is -3.16. The molecule has 0 saturated carbocycles. The fourth-order valence-corrected chi connectivity index (χ4v) is 3.46. The summed E-state index contributed by atoms with van der Waals surface area (Å²) in [4.78, 5) is 14.8. The van der Waals surface area contributed by atoms with Crippen molar-refractivity contribution in [3.8, 4) is 17.1 Å². The van der Waals surface area contributed by atoms with Crippen molar-refractivity contribution in [2.24, 2.45) is 0 Å². The molecule has 2 heterocycles. The Labute approximate surface area is 189 Å². The molecule has 0 bridgehead atoms. The average Bonchev–Trinajstić information content (AvgIpc) is 3.42. The Morgan fingerprint density at radius 3 is 2.68 bits per heavy atom. The van der Waals surface area contributed by atoms with Crippen LogP contribution in [0, 0.1) is 0 Å². The van der Waals surface area contributed by atoms with Gasteiger partial charge in [-0.05, 0) is 44.2 Å². The number of nitrogens with zero attached hydrogens (tertiary/aromatic N) is 5. The highest BCUT2D eigenvalue weighted by Crippen LogP contribution is 2.26. The zero-order valence-corrected chi connectivity index (χ0v) is 18.4. The Balaban J connectivity index is 1.55. The van der Waals surface area contributed by atoms with Crippen LogP contribution >= 0.6 is 23.2 Å². The average molecular weight is 456 g/mol. The summed E-state index contributed by atoms with van der Waals surface area (Å²) in [6.07, 6.45) is 3.20. The van der Waals surface area contributed by atoms with Gasteiger partial charge in [0.15, 0.2) is 0 Å². The SMILES string of the molecule is CC(C)N(Cc1nnc(-c2ccccc2Cl)o1)C(=O)c1cnn(-c2cccc(Cl)c2)c1. The van der Waals surface area contributed by atoms with E-state index in [2.05, 4.69) is 15.3 Å². The van der Waals surface area contributed by atoms with Crippen molar-refractivity contribution in [2.75, 3.05) is 0 Å². The molecule has 2 aromatic carbocycles. The third-order valence-corrected chi connectivity index (χ3v) is 5.23. The Bertz CT molecular complexity index is 1220. The highest BCUT2D eigenvalue weighted by Gasteiger charge is 2.23. The Kier molecular flexibility index (Phi) is 6.06. The number of hydrogen-bond acceptors (Lipinski definition) is 5. The van der Waals surface area contributed by atoms with E-state index in [4.69, 9.17) is 27.6 Å². The van der Waals surface area contributed by atoms with Crippen LogP contribution in [0.5, 0.6) is 0 Å². The molecule has 0 radical (unpaired) electrons. The molecule has 0 aliphatic rings. The maximum absolute atomic E-state index is 13.2. The molecule has 0 aliphatic carbocycles. The van der Waals surface area contributed by atoms with Crippen molar-refractivity contribution >= 4 is 29.1 Å². The lowest BCUT2D eigenvalue weighted by Crippen LogP contribution is -2.36. The van der Waals surface area contributed by atoms with Crippen LogP contribution in [0.3, 0.4) is 0 Å². The molecule has 0 saturated heterocycles. The van der Waals surface area contributed by atoms with Crippen LogP contribution in [0.4, 0.5) is 0 Å². The van der Waals surface area contributed by atoms with Gasteiger partial charge in [0.25, 0.3) is 5.91 Å². The number of benzene rings is 2. The van der Waals surface area contributed by atoms with Gasteiger partial charge in [-0.25, -0.2) is 4.68 Å². The third-order valence-electron chi connectivity index (χ3n) is 4.66. The van der Waals surface area contributed by atoms with Crippen LogP contribution in [-0.4, -0.2) is 36.8 Å². The second kappa shape index (κ2) is 8.91. The lowest BCUT2D eigenvalue weighted by molar-refractivity contribution is 0.0672. The van der Waals surface area contributed by atoms with Gasteiger partial charge in [-0.1, -0.05) is 41.4 Å². The highest BCUT2D eigenvalue weighted by molar-refractivity contribution is 6.33. The summed E-state index contributed by atoms with van der Waals surface area (Å²) in [7, 11) is 0. The van der Waals surface area contributed by atoms with Gasteiger partial charge in [-0.3, -0.25) is 4.79 Å². The molecule has 0 N–H and O–H groups in total. The smallest absolute Gasteiger partial charge is 0.257 e. The van der Waals surface area contributed by atoms with Gasteiger partial charge in [0.2, 0.25) is 11.8 Å². The van der Waals surface area contributed by atoms with Gasteiger partial charge in [0.05, 0.1) is 34.6 Å². The lowest BCUT2D eigenvalue weighted by Gasteiger charge is -2.24. The summed E-state index contributed by atoms with van der Waals surface area (Å²) in [5.74, 6) is 0.436. The summed E-state index contributed by atoms with van der Waals surface area (Å²) in [5.41, 5.74) is 1.86. The van der Waals surface area contributed by atoms with Crippen molar-refractivity contribution in [1.29, 1.82) is 0 Å². The van der Waals surface area contributed by atoms with E-state index in [0.717, 1.165) is 5.69 Å². The van der Waals surface area contributed by atoms with Crippen molar-refractivity contribution < 1.29 is 9.21 Å². The molecule has 0 atom stereocenters. The molecule has 1 amide bonds. The molecule has 7 nitrogen and oxygen atoms in total. The van der Waals surface area contributed by atoms with Crippen LogP contribution in [0.15, 0.2) is 65.3 Å². The second-order valence-electron chi connectivity index (χ2n) is 7.16. The van der Waals surface area contributed by atoms with E-state index in [0.29, 0.717) is 33.0 Å². The van der Waals surface area contributed by atoms with Crippen molar-refractivity contribution in [1.82, 2.24) is 24.9 Å². The molecule has 0 fully saturated rings. The van der Waals surface area contributed by atoms with Gasteiger partial charge in [0, 0.05) is 17.3 Å². The molecule has 31 heavy (non-hydrogen) atoms. The summed E-state index contributed by atoms with van der Waals surface area (Å²) >= 11 is 12.3. The number of amides is 1. The maximum Gasteiger partial charge on any atom is 0.257 e. The predicted molar refractivity (Wildman–Crippen MR) is 118 cm³/mol. The summed E-state index contributed by atoms with van der Waals surface area (Å²) in [6.45, 7) is 4.01. The number of carbonyl (C=O) groups is 1. The van der Waals surface area contributed by atoms with E-state index < -0.39 is 0 Å². The van der Waals surface area contributed by atoms with Crippen molar-refractivity contribution in [3.63, 3.8) is 0 Å². The monoisotopic (exact) mass is 455 g/mol. The number of rotatable bonds is 6. The first-order chi connectivity index (χ1) is 14.9. The zero-order chi connectivity index (χ0) is 22.0. The maximum atomic E-state index is 13.2. The van der Waals surface area contributed by atoms with Gasteiger partial charge in [0.1, 0.15) is 0 Å². The summed E-state index contributed by atoms with van der Waals surface area (Å²) in [5, 5.41) is 13.6. The van der Waals surface area contributed by atoms with Gasteiger partial charge >= 0.3 is 0 Å². The number of aromatic nitrogens is 4. The Morgan fingerprint density at radius 2 is 1.94 bits per heavy atom. The molecule has 0 aliphatic heterocycles. The molecule has 158 valence electrons. The first kappa shape index (κ1) is 21.1. The molecule has 2 aromatic heterocycles. The van der Waals surface area contributed by atoms with Crippen LogP contribution in [0.25, 0.3) is 17.1 Å². The quantitative estimate of drug-likeness (QED) is 0.395. The van der Waals surface area contributed by atoms with Crippen molar-refractivity contribution in [2.45, 2.75) is 26.4 Å². The van der Waals surface area contributed by atoms with Crippen LogP contribution in [0.2, 0.25) is 10.0 Å². The van der Waals surface area contributed by atoms with Gasteiger partial charge < -0.3 is 9.32 Å². The number of carbonyl (C=O) groups excluding carboxylic acids is 1. The molecular weight excluding hydrogens is 437 g/mol. The largest absolute Gasteiger partial charge is 0.419 e. The van der Waals surface area contributed by atoms with Gasteiger partial charge in [-0.2, -0.15) is 5.10 Å². The van der Waals surface area contributed by atoms with E-state index in [1.54, 1.807) is 40.0 Å². The number of halogens is 2. The van der Waals surface area contributed by atoms with Gasteiger partial charge in [-0.15, -0.1) is 10.2 Å². The normalized spacial score (nSPS) is 11.1. The minimum Gasteiger partial charge on any atom is -0.419 e. The summed E-state index contributed by atoms with van der Waals surface area (Å²) in [6, 6.07) is 14.4. The van der Waals surface area contributed by atoms with E-state index in [-0.39, 0.29) is 18.5 Å². The van der Waals surface area contributed by atoms with Crippen LogP contribution in [0.1, 0.15) is 30.1 Å². The van der Waals surface area contributed by atoms with E-state index >= 15 is 0 Å². The first-order valence-electron chi connectivity index (χ1n) is 9.61. The molecule has 9 heteroatoms. The minimum absolute atomic E-state index is 0.0994. The predicted octanol–water partition coefficient (Wildman–Crippen LogP) is 5.28. The standard InChI is InChI=1S/C22H19Cl2N5O2/c1-14(2)28(13-20-26-27-21(31-20)18-8-3-4-9-19(18)24)22(30)15-11-25-29(12-15)17-7-5-6-16(23)10-17/h3-12,14H,13H2,1-2H3. The molecule has 0 spiro atoms. The lowest BCUT2D eigenvalue weighted by atomic mass is 10.2. The minimum atomic E-state index is -0.194. The molecule has 0 unspecified atom stereocenters. The molecule has 4 rings (SSSR count). The fraction of sp³-hybridized carbons (Fsp3) is 0.182. The topological polar surface area (TPSA) is 77.1 Å². The zero-order valence-electron chi connectivity index (χ0n) is 16.9. The molecule has 4 aromatic rings. The second-order valence-corrected chi connectivity index (χ2v) is 8.00. The Morgan fingerprint density at radius 1 is 1.13 bits per heavy atom. The third kappa shape index (κ3) is 4.62. The van der Waals surface area contributed by atoms with E-state index in [1.165, 1.54) is 6.20 Å². The number of hydrogen-bond donors (Lipinski definition) is 0. The van der Waals surface area contributed by atoms with Crippen molar-refractivity contribution in [3.05, 3.63) is 82.4 Å². The van der Waals surface area contributed by atoms with E-state index in [1.807, 2.05) is 38.1 Å². The molecular formula is C22H19Cl2N5O2. The highest BCUT2D eigenvalue weighted by atomic mass is 35.5. The fourth-order valence-electron chi connectivity index (χ4n) is 3.05. The van der Waals surface area contributed by atoms with Crippen LogP contribution < -0.4 is 0 Å². The first-order valence-corrected chi connectivity index (χ1v) is 10.4. The summed E-state index contributed by atoms with van der Waals surface area (Å²) < 4.78 is 7.38. The van der Waals surface area contributed by atoms with E-state index in [9.17, 15) is 4.79 Å². The van der Waals surface area contributed by atoms with Crippen LogP contribution in [-0.2, 0) is 6.54 Å².